The van der Waals surface area contributed by atoms with Crippen LogP contribution in [0, 0.1) is 5.92 Å². The van der Waals surface area contributed by atoms with Crippen molar-refractivity contribution in [2.24, 2.45) is 5.92 Å². The predicted octanol–water partition coefficient (Wildman–Crippen LogP) is 3.49. The van der Waals surface area contributed by atoms with Gasteiger partial charge in [0.15, 0.2) is 0 Å². The zero-order chi connectivity index (χ0) is 10.8. The lowest BCUT2D eigenvalue weighted by Crippen LogP contribution is -2.10. The Labute approximate surface area is 99.7 Å². The van der Waals surface area contributed by atoms with Crippen LogP contribution in [0.25, 0.3) is 0 Å². The van der Waals surface area contributed by atoms with Crippen LogP contribution >= 0.6 is 22.6 Å². The fourth-order valence-corrected chi connectivity index (χ4v) is 1.78. The Bertz CT molecular complexity index is 282. The van der Waals surface area contributed by atoms with Crippen molar-refractivity contribution in [2.75, 3.05) is 0 Å². The number of benzene rings is 1. The molecule has 14 heavy (non-hydrogen) atoms. The average Bonchev–Trinajstić information content (AvgIpc) is 2.02. The molecule has 1 aromatic rings. The van der Waals surface area contributed by atoms with Gasteiger partial charge in [-0.25, -0.2) is 0 Å². The fraction of sp³-hybridized carbons (Fsp3) is 0.500. The lowest BCUT2D eigenvalue weighted by molar-refractivity contribution is 0.179. The Kier molecular flexibility index (Phi) is 3.95. The van der Waals surface area contributed by atoms with Crippen LogP contribution in [0.2, 0.25) is 0 Å². The van der Waals surface area contributed by atoms with Crippen molar-refractivity contribution in [3.8, 4) is 0 Å². The third-order valence-corrected chi connectivity index (χ3v) is 2.75. The summed E-state index contributed by atoms with van der Waals surface area (Å²) in [5.41, 5.74) is 2.30. The van der Waals surface area contributed by atoms with Crippen LogP contribution in [-0.4, -0.2) is 5.11 Å². The minimum absolute atomic E-state index is 0.681. The van der Waals surface area contributed by atoms with Gasteiger partial charge in [-0.3, -0.25) is 0 Å². The first-order valence-electron chi connectivity index (χ1n) is 4.90. The van der Waals surface area contributed by atoms with Gasteiger partial charge in [0.05, 0.1) is 0 Å². The average molecular weight is 304 g/mol. The Morgan fingerprint density at radius 3 is 2.14 bits per heavy atom. The topological polar surface area (TPSA) is 20.2 Å². The van der Waals surface area contributed by atoms with Crippen molar-refractivity contribution in [3.63, 3.8) is 0 Å². The molecule has 78 valence electrons. The molecule has 0 spiro atoms. The Balaban J connectivity index is 2.79. The molecule has 0 aliphatic rings. The molecular formula is C12H17IO. The Morgan fingerprint density at radius 1 is 1.29 bits per heavy atom. The summed E-state index contributed by atoms with van der Waals surface area (Å²) >= 11 is 2.04. The molecule has 0 aromatic heterocycles. The predicted molar refractivity (Wildman–Crippen MR) is 68.6 cm³/mol. The van der Waals surface area contributed by atoms with Crippen molar-refractivity contribution in [2.45, 2.75) is 30.8 Å². The van der Waals surface area contributed by atoms with Crippen LogP contribution in [0.5, 0.6) is 0 Å². The fourth-order valence-electron chi connectivity index (χ4n) is 1.42. The molecule has 1 rings (SSSR count). The third-order valence-electron chi connectivity index (χ3n) is 2.12. The van der Waals surface area contributed by atoms with Gasteiger partial charge in [0.2, 0.25) is 0 Å². The maximum atomic E-state index is 9.75. The van der Waals surface area contributed by atoms with Gasteiger partial charge in [0.1, 0.15) is 3.61 Å². The number of hydrogen-bond donors (Lipinski definition) is 1. The Morgan fingerprint density at radius 2 is 1.79 bits per heavy atom. The van der Waals surface area contributed by atoms with Crippen molar-refractivity contribution < 1.29 is 5.11 Å². The molecule has 0 radical (unpaired) electrons. The molecule has 1 aromatic carbocycles. The minimum atomic E-state index is -0.756. The molecule has 0 bridgehead atoms. The van der Waals surface area contributed by atoms with Gasteiger partial charge in [-0.15, -0.1) is 0 Å². The van der Waals surface area contributed by atoms with E-state index in [0.717, 1.165) is 12.0 Å². The first-order valence-corrected chi connectivity index (χ1v) is 5.98. The molecular weight excluding hydrogens is 287 g/mol. The summed E-state index contributed by atoms with van der Waals surface area (Å²) in [6, 6.07) is 8.21. The molecule has 0 aliphatic carbocycles. The zero-order valence-electron chi connectivity index (χ0n) is 8.92. The molecule has 0 amide bonds. The number of hydrogen-bond acceptors (Lipinski definition) is 1. The highest BCUT2D eigenvalue weighted by atomic mass is 127. The summed E-state index contributed by atoms with van der Waals surface area (Å²) in [7, 11) is 0. The highest BCUT2D eigenvalue weighted by Gasteiger charge is 2.17. The molecule has 1 nitrogen and oxygen atoms in total. The highest BCUT2D eigenvalue weighted by molar-refractivity contribution is 14.1. The van der Waals surface area contributed by atoms with E-state index in [1.807, 2.05) is 34.7 Å². The van der Waals surface area contributed by atoms with Gasteiger partial charge < -0.3 is 5.11 Å². The molecule has 0 saturated carbocycles. The van der Waals surface area contributed by atoms with Gasteiger partial charge in [0, 0.05) is 0 Å². The largest absolute Gasteiger partial charge is 0.376 e. The SMILES string of the molecule is CC(C)Cc1ccc(C(C)(O)I)cc1. The van der Waals surface area contributed by atoms with E-state index in [2.05, 4.69) is 26.0 Å². The first kappa shape index (κ1) is 12.0. The quantitative estimate of drug-likeness (QED) is 0.669. The second-order valence-electron chi connectivity index (χ2n) is 4.25. The Hall–Kier alpha value is -0.0900. The van der Waals surface area contributed by atoms with Crippen LogP contribution in [0.3, 0.4) is 0 Å². The van der Waals surface area contributed by atoms with E-state index in [1.165, 1.54) is 5.56 Å². The van der Waals surface area contributed by atoms with Crippen LogP contribution in [-0.2, 0) is 10.0 Å². The van der Waals surface area contributed by atoms with Crippen LogP contribution < -0.4 is 0 Å². The van der Waals surface area contributed by atoms with Crippen LogP contribution in [0.15, 0.2) is 24.3 Å². The standard InChI is InChI=1S/C12H17IO/c1-9(2)8-10-4-6-11(7-5-10)12(3,13)14/h4-7,9,14H,8H2,1-3H3. The first-order chi connectivity index (χ1) is 6.39. The van der Waals surface area contributed by atoms with E-state index >= 15 is 0 Å². The molecule has 1 atom stereocenters. The maximum absolute atomic E-state index is 9.75. The second-order valence-corrected chi connectivity index (χ2v) is 6.35. The van der Waals surface area contributed by atoms with Gasteiger partial charge >= 0.3 is 0 Å². The summed E-state index contributed by atoms with van der Waals surface area (Å²) < 4.78 is -0.756. The van der Waals surface area contributed by atoms with Crippen molar-refractivity contribution in [1.82, 2.24) is 0 Å². The van der Waals surface area contributed by atoms with Crippen LogP contribution in [0.1, 0.15) is 31.9 Å². The zero-order valence-corrected chi connectivity index (χ0v) is 11.1. The summed E-state index contributed by atoms with van der Waals surface area (Å²) in [4.78, 5) is 0. The van der Waals surface area contributed by atoms with Crippen LogP contribution in [0.4, 0.5) is 0 Å². The van der Waals surface area contributed by atoms with Gasteiger partial charge in [-0.05, 0) is 53.0 Å². The van der Waals surface area contributed by atoms with E-state index < -0.39 is 3.61 Å². The molecule has 0 saturated heterocycles. The lowest BCUT2D eigenvalue weighted by Gasteiger charge is -2.16. The minimum Gasteiger partial charge on any atom is -0.376 e. The van der Waals surface area contributed by atoms with E-state index in [1.54, 1.807) is 6.92 Å². The summed E-state index contributed by atoms with van der Waals surface area (Å²) in [6.07, 6.45) is 1.10. The normalized spacial score (nSPS) is 15.6. The monoisotopic (exact) mass is 304 g/mol. The molecule has 1 unspecified atom stereocenters. The van der Waals surface area contributed by atoms with E-state index in [9.17, 15) is 5.11 Å². The number of rotatable bonds is 3. The summed E-state index contributed by atoms with van der Waals surface area (Å²) in [5, 5.41) is 9.75. The van der Waals surface area contributed by atoms with E-state index in [-0.39, 0.29) is 0 Å². The van der Waals surface area contributed by atoms with E-state index in [0.29, 0.717) is 5.92 Å². The molecule has 0 heterocycles. The molecule has 0 fully saturated rings. The number of alkyl halides is 1. The smallest absolute Gasteiger partial charge is 0.138 e. The summed E-state index contributed by atoms with van der Waals surface area (Å²) in [5.74, 6) is 0.681. The molecule has 0 aliphatic heterocycles. The number of aliphatic hydroxyl groups is 1. The third kappa shape index (κ3) is 3.58. The van der Waals surface area contributed by atoms with Crippen molar-refractivity contribution in [1.29, 1.82) is 0 Å². The highest BCUT2D eigenvalue weighted by Crippen LogP contribution is 2.28. The van der Waals surface area contributed by atoms with Crippen molar-refractivity contribution in [3.05, 3.63) is 35.4 Å². The molecule has 2 heteroatoms. The van der Waals surface area contributed by atoms with Gasteiger partial charge in [0.25, 0.3) is 0 Å². The maximum Gasteiger partial charge on any atom is 0.138 e. The van der Waals surface area contributed by atoms with Gasteiger partial charge in [-0.2, -0.15) is 0 Å². The molecule has 1 N–H and O–H groups in total. The number of halogens is 1. The summed E-state index contributed by atoms with van der Waals surface area (Å²) in [6.45, 7) is 6.22. The lowest BCUT2D eigenvalue weighted by atomic mass is 10.0. The van der Waals surface area contributed by atoms with Gasteiger partial charge in [-0.1, -0.05) is 38.1 Å². The van der Waals surface area contributed by atoms with Crippen molar-refractivity contribution >= 4 is 22.6 Å². The van der Waals surface area contributed by atoms with E-state index in [4.69, 9.17) is 0 Å². The second kappa shape index (κ2) is 4.62.